The third-order valence-corrected chi connectivity index (χ3v) is 2.50. The first-order chi connectivity index (χ1) is 7.13. The molecule has 3 nitrogen and oxygen atoms in total. The van der Waals surface area contributed by atoms with Gasteiger partial charge in [0.15, 0.2) is 0 Å². The predicted octanol–water partition coefficient (Wildman–Crippen LogP) is 2.39. The maximum absolute atomic E-state index is 11.4. The van der Waals surface area contributed by atoms with Crippen LogP contribution < -0.4 is 10.6 Å². The van der Waals surface area contributed by atoms with Crippen molar-refractivity contribution in [1.29, 1.82) is 0 Å². The summed E-state index contributed by atoms with van der Waals surface area (Å²) in [7, 11) is 0. The van der Waals surface area contributed by atoms with Crippen LogP contribution in [-0.2, 0) is 4.79 Å². The molecule has 2 N–H and O–H groups in total. The fraction of sp³-hybridized carbons (Fsp3) is 0.364. The molecule has 1 amide bonds. The van der Waals surface area contributed by atoms with Gasteiger partial charge in [0, 0.05) is 16.7 Å². The van der Waals surface area contributed by atoms with E-state index in [-0.39, 0.29) is 11.9 Å². The van der Waals surface area contributed by atoms with Crippen LogP contribution in [0.5, 0.6) is 0 Å². The van der Waals surface area contributed by atoms with Crippen molar-refractivity contribution in [3.63, 3.8) is 0 Å². The van der Waals surface area contributed by atoms with Gasteiger partial charge in [0.2, 0.25) is 5.91 Å². The molecule has 0 saturated heterocycles. The Bertz CT molecular complexity index is 324. The zero-order valence-corrected chi connectivity index (χ0v) is 10.5. The van der Waals surface area contributed by atoms with E-state index in [0.29, 0.717) is 6.54 Å². The molecule has 0 bridgehead atoms. The number of hydrogen-bond donors (Lipinski definition) is 2. The maximum Gasteiger partial charge on any atom is 0.242 e. The summed E-state index contributed by atoms with van der Waals surface area (Å²) in [6.07, 6.45) is 0. The molecule has 1 unspecified atom stereocenters. The number of anilines is 1. The lowest BCUT2D eigenvalue weighted by Gasteiger charge is -2.14. The second-order valence-electron chi connectivity index (χ2n) is 3.27. The summed E-state index contributed by atoms with van der Waals surface area (Å²) in [4.78, 5) is 11.4. The number of nitrogens with one attached hydrogen (secondary N) is 2. The van der Waals surface area contributed by atoms with Gasteiger partial charge in [-0.3, -0.25) is 4.79 Å². The van der Waals surface area contributed by atoms with E-state index in [2.05, 4.69) is 26.6 Å². The van der Waals surface area contributed by atoms with Gasteiger partial charge in [0.05, 0.1) is 0 Å². The average Bonchev–Trinajstić information content (AvgIpc) is 2.22. The first-order valence-corrected chi connectivity index (χ1v) is 5.72. The van der Waals surface area contributed by atoms with Gasteiger partial charge in [-0.25, -0.2) is 0 Å². The van der Waals surface area contributed by atoms with E-state index in [0.717, 1.165) is 10.2 Å². The van der Waals surface area contributed by atoms with Crippen molar-refractivity contribution in [1.82, 2.24) is 5.32 Å². The minimum atomic E-state index is -0.217. The Morgan fingerprint density at radius 3 is 2.53 bits per heavy atom. The number of carbonyl (C=O) groups excluding carboxylic acids is 1. The summed E-state index contributed by atoms with van der Waals surface area (Å²) in [6.45, 7) is 4.41. The number of rotatable bonds is 4. The maximum atomic E-state index is 11.4. The van der Waals surface area contributed by atoms with Crippen LogP contribution in [-0.4, -0.2) is 18.5 Å². The first-order valence-electron chi connectivity index (χ1n) is 4.93. The summed E-state index contributed by atoms with van der Waals surface area (Å²) in [5.74, 6) is 0.0143. The van der Waals surface area contributed by atoms with E-state index >= 15 is 0 Å². The van der Waals surface area contributed by atoms with Crippen LogP contribution in [0.4, 0.5) is 5.69 Å². The van der Waals surface area contributed by atoms with E-state index in [1.807, 2.05) is 38.1 Å². The number of hydrogen-bond acceptors (Lipinski definition) is 2. The van der Waals surface area contributed by atoms with Gasteiger partial charge in [-0.1, -0.05) is 15.9 Å². The van der Waals surface area contributed by atoms with Crippen molar-refractivity contribution in [3.8, 4) is 0 Å². The summed E-state index contributed by atoms with van der Waals surface area (Å²) in [5, 5.41) is 5.89. The van der Waals surface area contributed by atoms with Crippen LogP contribution >= 0.6 is 15.9 Å². The third kappa shape index (κ3) is 3.91. The smallest absolute Gasteiger partial charge is 0.242 e. The number of likely N-dealkylation sites (N-methyl/N-ethyl adjacent to an activating group) is 1. The van der Waals surface area contributed by atoms with E-state index in [9.17, 15) is 4.79 Å². The first kappa shape index (κ1) is 12.0. The second kappa shape index (κ2) is 5.75. The highest BCUT2D eigenvalue weighted by Gasteiger charge is 2.10. The van der Waals surface area contributed by atoms with Crippen LogP contribution in [0.15, 0.2) is 28.7 Å². The summed E-state index contributed by atoms with van der Waals surface area (Å²) in [6, 6.07) is 7.52. The minimum Gasteiger partial charge on any atom is -0.374 e. The van der Waals surface area contributed by atoms with Crippen molar-refractivity contribution < 1.29 is 4.79 Å². The monoisotopic (exact) mass is 270 g/mol. The third-order valence-electron chi connectivity index (χ3n) is 1.97. The lowest BCUT2D eigenvalue weighted by atomic mass is 10.2. The number of amides is 1. The predicted molar refractivity (Wildman–Crippen MR) is 65.9 cm³/mol. The molecule has 0 radical (unpaired) electrons. The Balaban J connectivity index is 2.54. The number of halogens is 1. The zero-order chi connectivity index (χ0) is 11.3. The molecule has 1 aromatic carbocycles. The van der Waals surface area contributed by atoms with Crippen LogP contribution in [0.25, 0.3) is 0 Å². The van der Waals surface area contributed by atoms with Gasteiger partial charge in [-0.05, 0) is 38.1 Å². The van der Waals surface area contributed by atoms with Crippen molar-refractivity contribution in [2.24, 2.45) is 0 Å². The van der Waals surface area contributed by atoms with Gasteiger partial charge in [0.1, 0.15) is 6.04 Å². The Hall–Kier alpha value is -1.03. The molecule has 0 aliphatic carbocycles. The van der Waals surface area contributed by atoms with Crippen molar-refractivity contribution in [2.75, 3.05) is 11.9 Å². The van der Waals surface area contributed by atoms with Crippen molar-refractivity contribution in [3.05, 3.63) is 28.7 Å². The van der Waals surface area contributed by atoms with Crippen LogP contribution in [0.2, 0.25) is 0 Å². The highest BCUT2D eigenvalue weighted by Crippen LogP contribution is 2.14. The fourth-order valence-electron chi connectivity index (χ4n) is 1.19. The molecule has 15 heavy (non-hydrogen) atoms. The minimum absolute atomic E-state index is 0.0143. The molecular formula is C11H15BrN2O. The lowest BCUT2D eigenvalue weighted by Crippen LogP contribution is -2.37. The fourth-order valence-corrected chi connectivity index (χ4v) is 1.45. The molecule has 82 valence electrons. The molecule has 0 aliphatic rings. The molecule has 0 fully saturated rings. The van der Waals surface area contributed by atoms with E-state index in [1.54, 1.807) is 0 Å². The highest BCUT2D eigenvalue weighted by atomic mass is 79.9. The molecule has 0 saturated carbocycles. The van der Waals surface area contributed by atoms with Crippen LogP contribution in [0, 0.1) is 0 Å². The Labute approximate surface area is 98.4 Å². The average molecular weight is 271 g/mol. The van der Waals surface area contributed by atoms with E-state index in [1.165, 1.54) is 0 Å². The largest absolute Gasteiger partial charge is 0.374 e. The second-order valence-corrected chi connectivity index (χ2v) is 4.18. The quantitative estimate of drug-likeness (QED) is 0.882. The molecule has 1 aromatic rings. The Morgan fingerprint density at radius 2 is 2.00 bits per heavy atom. The molecule has 1 atom stereocenters. The molecule has 0 heterocycles. The normalized spacial score (nSPS) is 11.9. The molecule has 1 rings (SSSR count). The van der Waals surface area contributed by atoms with Crippen LogP contribution in [0.3, 0.4) is 0 Å². The Morgan fingerprint density at radius 1 is 1.40 bits per heavy atom. The number of carbonyl (C=O) groups is 1. The summed E-state index contributed by atoms with van der Waals surface area (Å²) >= 11 is 3.36. The van der Waals surface area contributed by atoms with Crippen molar-refractivity contribution >= 4 is 27.5 Å². The van der Waals surface area contributed by atoms with Crippen molar-refractivity contribution in [2.45, 2.75) is 19.9 Å². The van der Waals surface area contributed by atoms with Gasteiger partial charge in [0.25, 0.3) is 0 Å². The standard InChI is InChI=1S/C11H15BrN2O/c1-3-13-11(15)8(2)14-10-6-4-9(12)5-7-10/h4-8,14H,3H2,1-2H3,(H,13,15). The summed E-state index contributed by atoms with van der Waals surface area (Å²) < 4.78 is 1.03. The molecule has 4 heteroatoms. The van der Waals surface area contributed by atoms with Crippen LogP contribution in [0.1, 0.15) is 13.8 Å². The molecule has 0 aliphatic heterocycles. The topological polar surface area (TPSA) is 41.1 Å². The highest BCUT2D eigenvalue weighted by molar-refractivity contribution is 9.10. The summed E-state index contributed by atoms with van der Waals surface area (Å²) in [5.41, 5.74) is 0.942. The molecule has 0 spiro atoms. The van der Waals surface area contributed by atoms with Gasteiger partial charge >= 0.3 is 0 Å². The van der Waals surface area contributed by atoms with Gasteiger partial charge in [-0.2, -0.15) is 0 Å². The van der Waals surface area contributed by atoms with Gasteiger partial charge < -0.3 is 10.6 Å². The van der Waals surface area contributed by atoms with Gasteiger partial charge in [-0.15, -0.1) is 0 Å². The molecular weight excluding hydrogens is 256 g/mol. The SMILES string of the molecule is CCNC(=O)C(C)Nc1ccc(Br)cc1. The van der Waals surface area contributed by atoms with E-state index < -0.39 is 0 Å². The zero-order valence-electron chi connectivity index (χ0n) is 8.88. The Kier molecular flexibility index (Phi) is 4.62. The number of benzene rings is 1. The lowest BCUT2D eigenvalue weighted by molar-refractivity contribution is -0.121. The van der Waals surface area contributed by atoms with E-state index in [4.69, 9.17) is 0 Å². The molecule has 0 aromatic heterocycles.